The summed E-state index contributed by atoms with van der Waals surface area (Å²) in [4.78, 5) is 0. The first-order valence-corrected chi connectivity index (χ1v) is 5.28. The van der Waals surface area contributed by atoms with Gasteiger partial charge in [-0.3, -0.25) is 0 Å². The van der Waals surface area contributed by atoms with Gasteiger partial charge in [0.25, 0.3) is 0 Å². The van der Waals surface area contributed by atoms with E-state index in [0.717, 1.165) is 6.42 Å². The van der Waals surface area contributed by atoms with Crippen molar-refractivity contribution in [1.82, 2.24) is 5.32 Å². The largest absolute Gasteiger partial charge is 0.303 e. The van der Waals surface area contributed by atoms with Gasteiger partial charge in [-0.05, 0) is 41.0 Å². The molecule has 1 rings (SSSR count). The van der Waals surface area contributed by atoms with Gasteiger partial charge in [-0.2, -0.15) is 0 Å². The summed E-state index contributed by atoms with van der Waals surface area (Å²) in [7, 11) is 0. The fourth-order valence-electron chi connectivity index (χ4n) is 2.32. The molecule has 1 nitrogen and oxygen atoms in total. The van der Waals surface area contributed by atoms with Gasteiger partial charge in [-0.1, -0.05) is 25.5 Å². The molecular weight excluding hydrogens is 158 g/mol. The van der Waals surface area contributed by atoms with Gasteiger partial charge in [0.1, 0.15) is 0 Å². The maximum atomic E-state index is 3.59. The highest BCUT2D eigenvalue weighted by molar-refractivity contribution is 5.18. The Morgan fingerprint density at radius 2 is 1.62 bits per heavy atom. The maximum absolute atomic E-state index is 3.59. The van der Waals surface area contributed by atoms with Crippen molar-refractivity contribution in [3.63, 3.8) is 0 Å². The van der Waals surface area contributed by atoms with Crippen LogP contribution in [-0.4, -0.2) is 11.1 Å². The summed E-state index contributed by atoms with van der Waals surface area (Å²) in [5, 5.41) is 3.59. The predicted octanol–water partition coefficient (Wildman–Crippen LogP) is 3.51. The highest BCUT2D eigenvalue weighted by atomic mass is 15.0. The fourth-order valence-corrected chi connectivity index (χ4v) is 2.32. The van der Waals surface area contributed by atoms with E-state index in [2.05, 4.69) is 46.0 Å². The predicted molar refractivity (Wildman–Crippen MR) is 61.0 cm³/mol. The van der Waals surface area contributed by atoms with Crippen LogP contribution in [0.5, 0.6) is 0 Å². The number of hydrogen-bond acceptors (Lipinski definition) is 1. The lowest BCUT2D eigenvalue weighted by molar-refractivity contribution is 0.283. The van der Waals surface area contributed by atoms with Crippen LogP contribution < -0.4 is 5.32 Å². The third kappa shape index (κ3) is 4.47. The molecule has 0 radical (unpaired) electrons. The van der Waals surface area contributed by atoms with Crippen molar-refractivity contribution in [2.45, 2.75) is 66.0 Å². The van der Waals surface area contributed by atoms with E-state index in [1.807, 2.05) is 13.8 Å². The van der Waals surface area contributed by atoms with Crippen LogP contribution in [0.1, 0.15) is 54.9 Å². The van der Waals surface area contributed by atoms with Gasteiger partial charge in [-0.15, -0.1) is 0 Å². The van der Waals surface area contributed by atoms with Gasteiger partial charge in [0.15, 0.2) is 0 Å². The average Bonchev–Trinajstić information content (AvgIpc) is 1.82. The van der Waals surface area contributed by atoms with E-state index < -0.39 is 0 Å². The Labute approximate surface area is 83.6 Å². The van der Waals surface area contributed by atoms with Crippen LogP contribution in [0.15, 0.2) is 11.6 Å². The molecule has 0 unspecified atom stereocenters. The summed E-state index contributed by atoms with van der Waals surface area (Å²) in [6.07, 6.45) is 3.48. The first-order chi connectivity index (χ1) is 5.81. The Morgan fingerprint density at radius 1 is 1.15 bits per heavy atom. The smallest absolute Gasteiger partial charge is 0.0314 e. The molecule has 0 saturated carbocycles. The van der Waals surface area contributed by atoms with Gasteiger partial charge < -0.3 is 5.32 Å². The Morgan fingerprint density at radius 3 is 1.92 bits per heavy atom. The minimum Gasteiger partial charge on any atom is -0.303 e. The van der Waals surface area contributed by atoms with E-state index in [0.29, 0.717) is 0 Å². The van der Waals surface area contributed by atoms with Crippen molar-refractivity contribution < 1.29 is 0 Å². The first-order valence-electron chi connectivity index (χ1n) is 5.28. The average molecular weight is 183 g/mol. The molecule has 0 fully saturated rings. The first kappa shape index (κ1) is 12.7. The second-order valence-corrected chi connectivity index (χ2v) is 4.90. The molecule has 0 atom stereocenters. The van der Waals surface area contributed by atoms with Crippen LogP contribution in [0, 0.1) is 0 Å². The molecule has 0 aromatic carbocycles. The Balaban J connectivity index is 0.000000671. The fraction of sp³-hybridized carbons (Fsp3) is 0.833. The third-order valence-corrected chi connectivity index (χ3v) is 1.99. The number of nitrogens with one attached hydrogen (secondary N) is 1. The van der Waals surface area contributed by atoms with Crippen molar-refractivity contribution in [2.24, 2.45) is 0 Å². The molecule has 0 amide bonds. The summed E-state index contributed by atoms with van der Waals surface area (Å²) in [6.45, 7) is 15.2. The number of rotatable bonds is 0. The number of hydrogen-bond donors (Lipinski definition) is 1. The van der Waals surface area contributed by atoms with Gasteiger partial charge in [0, 0.05) is 11.1 Å². The molecule has 1 aliphatic heterocycles. The molecule has 0 bridgehead atoms. The normalized spacial score (nSPS) is 24.1. The van der Waals surface area contributed by atoms with Gasteiger partial charge >= 0.3 is 0 Å². The lowest BCUT2D eigenvalue weighted by atomic mass is 9.84. The van der Waals surface area contributed by atoms with Crippen LogP contribution in [0.4, 0.5) is 0 Å². The maximum Gasteiger partial charge on any atom is 0.0314 e. The van der Waals surface area contributed by atoms with Gasteiger partial charge in [0.05, 0.1) is 0 Å². The minimum absolute atomic E-state index is 0.172. The van der Waals surface area contributed by atoms with E-state index in [9.17, 15) is 0 Å². The molecule has 1 N–H and O–H groups in total. The lowest BCUT2D eigenvalue weighted by Gasteiger charge is -2.40. The molecule has 0 aromatic rings. The summed E-state index contributed by atoms with van der Waals surface area (Å²) >= 11 is 0. The van der Waals surface area contributed by atoms with Crippen molar-refractivity contribution in [2.75, 3.05) is 0 Å². The molecule has 0 aromatic heterocycles. The highest BCUT2D eigenvalue weighted by Crippen LogP contribution is 2.26. The van der Waals surface area contributed by atoms with Crippen LogP contribution in [0.3, 0.4) is 0 Å². The molecular formula is C12H25N. The van der Waals surface area contributed by atoms with Crippen molar-refractivity contribution in [3.05, 3.63) is 11.6 Å². The molecule has 0 spiro atoms. The SMILES string of the molecule is CC.CC1=CC(C)(C)NC(C)(C)C1. The second-order valence-electron chi connectivity index (χ2n) is 4.90. The third-order valence-electron chi connectivity index (χ3n) is 1.99. The topological polar surface area (TPSA) is 12.0 Å². The van der Waals surface area contributed by atoms with Crippen molar-refractivity contribution >= 4 is 0 Å². The Hall–Kier alpha value is -0.300. The molecule has 1 heteroatoms. The van der Waals surface area contributed by atoms with E-state index in [1.165, 1.54) is 5.57 Å². The van der Waals surface area contributed by atoms with Crippen molar-refractivity contribution in [1.29, 1.82) is 0 Å². The Bertz CT molecular complexity index is 187. The van der Waals surface area contributed by atoms with E-state index in [-0.39, 0.29) is 11.1 Å². The zero-order valence-electron chi connectivity index (χ0n) is 10.3. The van der Waals surface area contributed by atoms with E-state index in [4.69, 9.17) is 0 Å². The van der Waals surface area contributed by atoms with Crippen molar-refractivity contribution in [3.8, 4) is 0 Å². The van der Waals surface area contributed by atoms with Crippen LogP contribution in [-0.2, 0) is 0 Å². The van der Waals surface area contributed by atoms with Crippen LogP contribution >= 0.6 is 0 Å². The monoisotopic (exact) mass is 183 g/mol. The minimum atomic E-state index is 0.172. The van der Waals surface area contributed by atoms with Gasteiger partial charge in [0.2, 0.25) is 0 Å². The Kier molecular flexibility index (Phi) is 4.18. The zero-order chi connectivity index (χ0) is 10.7. The molecule has 78 valence electrons. The highest BCUT2D eigenvalue weighted by Gasteiger charge is 2.30. The molecule has 13 heavy (non-hydrogen) atoms. The standard InChI is InChI=1S/C10H19N.C2H6/c1-8-6-9(2,3)11-10(4,5)7-8;1-2/h6,11H,7H2,1-5H3;1-2H3. The van der Waals surface area contributed by atoms with Crippen LogP contribution in [0.25, 0.3) is 0 Å². The summed E-state index contributed by atoms with van der Waals surface area (Å²) < 4.78 is 0. The molecule has 1 heterocycles. The summed E-state index contributed by atoms with van der Waals surface area (Å²) in [6, 6.07) is 0. The summed E-state index contributed by atoms with van der Waals surface area (Å²) in [5.41, 5.74) is 1.94. The zero-order valence-corrected chi connectivity index (χ0v) is 10.3. The molecule has 0 saturated heterocycles. The second kappa shape index (κ2) is 4.28. The van der Waals surface area contributed by atoms with E-state index >= 15 is 0 Å². The molecule has 1 aliphatic rings. The van der Waals surface area contributed by atoms with E-state index in [1.54, 1.807) is 0 Å². The quantitative estimate of drug-likeness (QED) is 0.567. The summed E-state index contributed by atoms with van der Waals surface area (Å²) in [5.74, 6) is 0. The lowest BCUT2D eigenvalue weighted by Crippen LogP contribution is -2.53. The van der Waals surface area contributed by atoms with Gasteiger partial charge in [-0.25, -0.2) is 0 Å². The molecule has 0 aliphatic carbocycles. The van der Waals surface area contributed by atoms with Crippen LogP contribution in [0.2, 0.25) is 0 Å².